The topological polar surface area (TPSA) is 78.9 Å². The third-order valence-electron chi connectivity index (χ3n) is 13.5. The molecule has 0 amide bonds. The van der Waals surface area contributed by atoms with Crippen molar-refractivity contribution in [3.05, 3.63) is 122 Å². The fourth-order valence-corrected chi connectivity index (χ4v) is 8.78. The van der Waals surface area contributed by atoms with E-state index in [1.165, 1.54) is 148 Å². The highest BCUT2D eigenvalue weighted by Gasteiger charge is 2.19. The lowest BCUT2D eigenvalue weighted by molar-refractivity contribution is -0.166. The maximum Gasteiger partial charge on any atom is 0.310 e. The van der Waals surface area contributed by atoms with Gasteiger partial charge in [-0.25, -0.2) is 0 Å². The van der Waals surface area contributed by atoms with Crippen molar-refractivity contribution >= 4 is 17.9 Å². The summed E-state index contributed by atoms with van der Waals surface area (Å²) in [6, 6.07) is 0. The average molecular weight is 1070 g/mol. The van der Waals surface area contributed by atoms with Gasteiger partial charge >= 0.3 is 17.9 Å². The van der Waals surface area contributed by atoms with Crippen molar-refractivity contribution in [1.29, 1.82) is 0 Å². The Kier molecular flexibility index (Phi) is 60.8. The number of unbranched alkanes of at least 4 members (excludes halogenated alkanes) is 27. The van der Waals surface area contributed by atoms with Crippen LogP contribution in [0.1, 0.15) is 290 Å². The molecule has 1 unspecified atom stereocenters. The first kappa shape index (κ1) is 72.8. The van der Waals surface area contributed by atoms with Crippen molar-refractivity contribution in [2.24, 2.45) is 0 Å². The van der Waals surface area contributed by atoms with Crippen molar-refractivity contribution in [1.82, 2.24) is 0 Å². The molecule has 0 heterocycles. The molecule has 0 aliphatic rings. The molecule has 0 saturated heterocycles. The zero-order valence-corrected chi connectivity index (χ0v) is 50.2. The van der Waals surface area contributed by atoms with Crippen LogP contribution >= 0.6 is 0 Å². The molecule has 1 atom stereocenters. The van der Waals surface area contributed by atoms with E-state index in [4.69, 9.17) is 14.2 Å². The second kappa shape index (κ2) is 64.3. The maximum atomic E-state index is 12.8. The van der Waals surface area contributed by atoms with Crippen LogP contribution in [0.2, 0.25) is 0 Å². The van der Waals surface area contributed by atoms with Crippen molar-refractivity contribution in [3.8, 4) is 0 Å². The van der Waals surface area contributed by atoms with Gasteiger partial charge in [-0.15, -0.1) is 0 Å². The maximum absolute atomic E-state index is 12.8. The van der Waals surface area contributed by atoms with Crippen LogP contribution in [-0.4, -0.2) is 37.2 Å². The highest BCUT2D eigenvalue weighted by atomic mass is 16.6. The van der Waals surface area contributed by atoms with Gasteiger partial charge in [-0.2, -0.15) is 0 Å². The van der Waals surface area contributed by atoms with Gasteiger partial charge in [-0.3, -0.25) is 14.4 Å². The average Bonchev–Trinajstić information content (AvgIpc) is 3.43. The van der Waals surface area contributed by atoms with Crippen LogP contribution in [0, 0.1) is 0 Å². The molecular formula is C71H118O6. The molecule has 0 aliphatic heterocycles. The largest absolute Gasteiger partial charge is 0.462 e. The van der Waals surface area contributed by atoms with E-state index in [2.05, 4.69) is 130 Å². The third-order valence-corrected chi connectivity index (χ3v) is 13.5. The summed E-state index contributed by atoms with van der Waals surface area (Å²) >= 11 is 0. The number of rotatable bonds is 57. The van der Waals surface area contributed by atoms with Crippen LogP contribution in [0.15, 0.2) is 122 Å². The molecule has 0 aromatic carbocycles. The molecule has 0 aromatic heterocycles. The van der Waals surface area contributed by atoms with Gasteiger partial charge in [0.15, 0.2) is 6.10 Å². The molecule has 0 aliphatic carbocycles. The summed E-state index contributed by atoms with van der Waals surface area (Å²) in [7, 11) is 0. The Hall–Kier alpha value is -4.19. The van der Waals surface area contributed by atoms with Crippen LogP contribution in [0.5, 0.6) is 0 Å². The van der Waals surface area contributed by atoms with Crippen molar-refractivity contribution < 1.29 is 28.6 Å². The Morgan fingerprint density at radius 2 is 0.545 bits per heavy atom. The number of ether oxygens (including phenoxy) is 3. The molecule has 77 heavy (non-hydrogen) atoms. The predicted octanol–water partition coefficient (Wildman–Crippen LogP) is 22.0. The fourth-order valence-electron chi connectivity index (χ4n) is 8.78. The van der Waals surface area contributed by atoms with Crippen molar-refractivity contribution in [2.75, 3.05) is 13.2 Å². The van der Waals surface area contributed by atoms with Crippen LogP contribution in [0.25, 0.3) is 0 Å². The molecular weight excluding hydrogens is 949 g/mol. The molecule has 438 valence electrons. The van der Waals surface area contributed by atoms with Crippen molar-refractivity contribution in [3.63, 3.8) is 0 Å². The highest BCUT2D eigenvalue weighted by Crippen LogP contribution is 2.16. The van der Waals surface area contributed by atoms with E-state index in [-0.39, 0.29) is 31.6 Å². The van der Waals surface area contributed by atoms with Gasteiger partial charge in [0, 0.05) is 12.8 Å². The summed E-state index contributed by atoms with van der Waals surface area (Å²) in [5, 5.41) is 0. The first-order chi connectivity index (χ1) is 38.0. The zero-order chi connectivity index (χ0) is 55.7. The molecule has 0 saturated carbocycles. The zero-order valence-electron chi connectivity index (χ0n) is 50.2. The summed E-state index contributed by atoms with van der Waals surface area (Å²) in [6.07, 6.45) is 89.6. The number of carbonyl (C=O) groups is 3. The van der Waals surface area contributed by atoms with Gasteiger partial charge in [-0.05, 0) is 89.9 Å². The summed E-state index contributed by atoms with van der Waals surface area (Å²) in [4.78, 5) is 38.2. The standard InChI is InChI=1S/C71H118O6/c1-4-7-10-13-16-19-22-25-27-28-29-30-31-32-33-34-35-36-37-38-39-40-41-42-44-46-49-52-55-58-61-64-70(73)76-67-68(66-75-69(72)63-60-57-54-51-48-45-24-21-18-15-12-9-6-3)77-71(74)65-62-59-56-53-50-47-43-26-23-20-17-14-11-8-5-2/h7-8,10-11,16-17,19-20,25-27,29-30,32-33,43,50,53,59,62,68H,4-6,9,12-15,18,21-24,28,31,34-42,44-49,51-52,54-58,60-61,63-67H2,1-3H3/b10-7-,11-8-,19-16-,20-17-,27-25-,30-29-,33-32-,43-26-,53-50-,62-59-. The van der Waals surface area contributed by atoms with Crippen molar-refractivity contribution in [2.45, 2.75) is 297 Å². The summed E-state index contributed by atoms with van der Waals surface area (Å²) < 4.78 is 16.8. The Labute approximate surface area is 475 Å². The van der Waals surface area contributed by atoms with E-state index >= 15 is 0 Å². The summed E-state index contributed by atoms with van der Waals surface area (Å²) in [6.45, 7) is 6.34. The van der Waals surface area contributed by atoms with Crippen LogP contribution in [0.3, 0.4) is 0 Å². The molecule has 0 fully saturated rings. The van der Waals surface area contributed by atoms with Crippen LogP contribution < -0.4 is 0 Å². The molecule has 0 rings (SSSR count). The minimum absolute atomic E-state index is 0.0964. The van der Waals surface area contributed by atoms with E-state index in [0.29, 0.717) is 12.8 Å². The van der Waals surface area contributed by atoms with E-state index in [0.717, 1.165) is 103 Å². The summed E-state index contributed by atoms with van der Waals surface area (Å²) in [5.74, 6) is -1.04. The fraction of sp³-hybridized carbons (Fsp3) is 0.676. The normalized spacial score (nSPS) is 12.9. The number of hydrogen-bond donors (Lipinski definition) is 0. The van der Waals surface area contributed by atoms with Gasteiger partial charge in [0.1, 0.15) is 13.2 Å². The Balaban J connectivity index is 4.26. The number of esters is 3. The van der Waals surface area contributed by atoms with Gasteiger partial charge < -0.3 is 14.2 Å². The summed E-state index contributed by atoms with van der Waals surface area (Å²) in [5.41, 5.74) is 0. The highest BCUT2D eigenvalue weighted by molar-refractivity contribution is 5.72. The Bertz CT molecular complexity index is 1600. The minimum Gasteiger partial charge on any atom is -0.462 e. The molecule has 0 aromatic rings. The molecule has 6 nitrogen and oxygen atoms in total. The smallest absolute Gasteiger partial charge is 0.310 e. The first-order valence-electron chi connectivity index (χ1n) is 32.0. The second-order valence-electron chi connectivity index (χ2n) is 20.9. The number of carbonyl (C=O) groups excluding carboxylic acids is 3. The third kappa shape index (κ3) is 62.5. The Morgan fingerprint density at radius 3 is 0.857 bits per heavy atom. The van der Waals surface area contributed by atoms with E-state index in [1.54, 1.807) is 6.08 Å². The number of hydrogen-bond acceptors (Lipinski definition) is 6. The SMILES string of the molecule is CC/C=C\C/C=C\C/C=C\C/C=C\C/C=C\CCCCCCCCCCCCCCCCCC(=O)OCC(COC(=O)CCCCCCCCCCCCCCC)OC(=O)C/C=C\C/C=C\C/C=C\C/C=C\C/C=C\CC. The van der Waals surface area contributed by atoms with Gasteiger partial charge in [0.05, 0.1) is 6.42 Å². The molecule has 0 spiro atoms. The van der Waals surface area contributed by atoms with Crippen LogP contribution in [-0.2, 0) is 28.6 Å². The lowest BCUT2D eigenvalue weighted by Gasteiger charge is -2.18. The van der Waals surface area contributed by atoms with E-state index < -0.39 is 12.1 Å². The van der Waals surface area contributed by atoms with Gasteiger partial charge in [-0.1, -0.05) is 303 Å². The molecule has 6 heteroatoms. The molecule has 0 bridgehead atoms. The van der Waals surface area contributed by atoms with E-state index in [1.807, 2.05) is 6.08 Å². The lowest BCUT2D eigenvalue weighted by Crippen LogP contribution is -2.30. The van der Waals surface area contributed by atoms with Gasteiger partial charge in [0.25, 0.3) is 0 Å². The lowest BCUT2D eigenvalue weighted by atomic mass is 10.0. The monoisotopic (exact) mass is 1070 g/mol. The Morgan fingerprint density at radius 1 is 0.286 bits per heavy atom. The minimum atomic E-state index is -0.832. The van der Waals surface area contributed by atoms with Crippen LogP contribution in [0.4, 0.5) is 0 Å². The number of allylic oxidation sites excluding steroid dienone is 19. The first-order valence-corrected chi connectivity index (χ1v) is 32.0. The second-order valence-corrected chi connectivity index (χ2v) is 20.9. The molecule has 0 radical (unpaired) electrons. The van der Waals surface area contributed by atoms with Gasteiger partial charge in [0.2, 0.25) is 0 Å². The van der Waals surface area contributed by atoms with E-state index in [9.17, 15) is 14.4 Å². The predicted molar refractivity (Wildman–Crippen MR) is 334 cm³/mol. The molecule has 0 N–H and O–H groups in total. The quantitative estimate of drug-likeness (QED) is 0.0261.